The van der Waals surface area contributed by atoms with Crippen LogP contribution in [0.25, 0.3) is 0 Å². The van der Waals surface area contributed by atoms with Gasteiger partial charge < -0.3 is 5.32 Å². The molecular weight excluding hydrogens is 357 g/mol. The molecule has 1 N–H and O–H groups in total. The summed E-state index contributed by atoms with van der Waals surface area (Å²) in [5.41, 5.74) is 2.49. The first kappa shape index (κ1) is 18.1. The van der Waals surface area contributed by atoms with Crippen molar-refractivity contribution in [1.82, 2.24) is 4.90 Å². The minimum atomic E-state index is -0.602. The Kier molecular flexibility index (Phi) is 5.04. The zero-order valence-corrected chi connectivity index (χ0v) is 15.2. The van der Waals surface area contributed by atoms with Crippen LogP contribution in [0.2, 0.25) is 0 Å². The predicted octanol–water partition coefficient (Wildman–Crippen LogP) is 4.62. The van der Waals surface area contributed by atoms with Crippen molar-refractivity contribution in [3.8, 4) is 0 Å². The van der Waals surface area contributed by atoms with E-state index in [1.54, 1.807) is 0 Å². The highest BCUT2D eigenvalue weighted by Crippen LogP contribution is 2.33. The van der Waals surface area contributed by atoms with Gasteiger partial charge in [0, 0.05) is 19.2 Å². The maximum atomic E-state index is 14.1. The normalized spacial score (nSPS) is 14.6. The Hall–Kier alpha value is -3.25. The molecule has 0 atom stereocenters. The number of halogens is 1. The van der Waals surface area contributed by atoms with Crippen molar-refractivity contribution in [1.29, 1.82) is 0 Å². The highest BCUT2D eigenvalue weighted by Gasteiger charge is 2.34. The third kappa shape index (κ3) is 3.73. The topological polar surface area (TPSA) is 58.4 Å². The number of nitrogens with zero attached hydrogens (tertiary/aromatic N) is 2. The molecule has 0 amide bonds. The van der Waals surface area contributed by atoms with Crippen molar-refractivity contribution < 1.29 is 9.31 Å². The fourth-order valence-electron chi connectivity index (χ4n) is 3.65. The van der Waals surface area contributed by atoms with Gasteiger partial charge >= 0.3 is 0 Å². The summed E-state index contributed by atoms with van der Waals surface area (Å²) in [5.74, 6) is -0.602. The first-order valence-electron chi connectivity index (χ1n) is 9.16. The van der Waals surface area contributed by atoms with Crippen LogP contribution < -0.4 is 5.32 Å². The summed E-state index contributed by atoms with van der Waals surface area (Å²) in [6, 6.07) is 24.6. The summed E-state index contributed by atoms with van der Waals surface area (Å²) >= 11 is 0. The number of hydrogen-bond acceptors (Lipinski definition) is 4. The Morgan fingerprint density at radius 2 is 1.54 bits per heavy atom. The average Bonchev–Trinajstić information content (AvgIpc) is 2.69. The van der Waals surface area contributed by atoms with E-state index in [4.69, 9.17) is 0 Å². The predicted molar refractivity (Wildman–Crippen MR) is 107 cm³/mol. The minimum Gasteiger partial charge on any atom is -0.377 e. The van der Waals surface area contributed by atoms with Crippen LogP contribution in [0.4, 0.5) is 15.8 Å². The number of hydrogen-bond donors (Lipinski definition) is 1. The molecular formula is C22H20FN3O2. The van der Waals surface area contributed by atoms with Crippen LogP contribution in [0, 0.1) is 15.9 Å². The summed E-state index contributed by atoms with van der Waals surface area (Å²) in [4.78, 5) is 12.5. The number of likely N-dealkylation sites (tertiary alicyclic amines) is 1. The molecule has 1 aliphatic rings. The lowest BCUT2D eigenvalue weighted by molar-refractivity contribution is -0.385. The van der Waals surface area contributed by atoms with Crippen LogP contribution in [0.1, 0.15) is 17.2 Å². The summed E-state index contributed by atoms with van der Waals surface area (Å²) in [6.45, 7) is 1.51. The lowest BCUT2D eigenvalue weighted by Crippen LogP contribution is -2.56. The first-order chi connectivity index (χ1) is 13.6. The van der Waals surface area contributed by atoms with Gasteiger partial charge in [-0.2, -0.15) is 0 Å². The van der Waals surface area contributed by atoms with Crippen molar-refractivity contribution in [3.63, 3.8) is 0 Å². The van der Waals surface area contributed by atoms with Gasteiger partial charge in [0.2, 0.25) is 0 Å². The maximum absolute atomic E-state index is 14.1. The minimum absolute atomic E-state index is 0.0888. The largest absolute Gasteiger partial charge is 0.377 e. The van der Waals surface area contributed by atoms with Gasteiger partial charge in [0.05, 0.1) is 28.8 Å². The number of non-ortho nitro benzene ring substituents is 1. The van der Waals surface area contributed by atoms with E-state index in [1.165, 1.54) is 23.3 Å². The second kappa shape index (κ2) is 7.78. The molecule has 1 aliphatic heterocycles. The van der Waals surface area contributed by atoms with Crippen molar-refractivity contribution in [3.05, 3.63) is 106 Å². The Labute approximate surface area is 162 Å². The van der Waals surface area contributed by atoms with Gasteiger partial charge in [0.1, 0.15) is 0 Å². The molecule has 6 heteroatoms. The average molecular weight is 377 g/mol. The third-order valence-electron chi connectivity index (χ3n) is 5.03. The SMILES string of the molecule is O=[N+]([O-])c1ccc(NC2CN(C(c3ccccc3)c3ccccc3)C2)c(F)c1. The summed E-state index contributed by atoms with van der Waals surface area (Å²) in [5, 5.41) is 13.9. The molecule has 0 radical (unpaired) electrons. The number of nitro groups is 1. The van der Waals surface area contributed by atoms with Gasteiger partial charge in [-0.05, 0) is 17.2 Å². The monoisotopic (exact) mass is 377 g/mol. The van der Waals surface area contributed by atoms with E-state index in [1.807, 2.05) is 36.4 Å². The summed E-state index contributed by atoms with van der Waals surface area (Å²) in [6.07, 6.45) is 0. The molecule has 0 unspecified atom stereocenters. The van der Waals surface area contributed by atoms with E-state index in [2.05, 4.69) is 34.5 Å². The quantitative estimate of drug-likeness (QED) is 0.503. The second-order valence-electron chi connectivity index (χ2n) is 6.94. The van der Waals surface area contributed by atoms with Crippen molar-refractivity contribution in [2.75, 3.05) is 18.4 Å². The molecule has 1 heterocycles. The van der Waals surface area contributed by atoms with Gasteiger partial charge in [-0.1, -0.05) is 60.7 Å². The van der Waals surface area contributed by atoms with Crippen LogP contribution in [-0.4, -0.2) is 29.0 Å². The maximum Gasteiger partial charge on any atom is 0.272 e. The number of nitro benzene ring substituents is 1. The molecule has 1 saturated heterocycles. The fourth-order valence-corrected chi connectivity index (χ4v) is 3.65. The molecule has 4 rings (SSSR count). The molecule has 5 nitrogen and oxygen atoms in total. The number of anilines is 1. The van der Waals surface area contributed by atoms with Gasteiger partial charge in [0.15, 0.2) is 5.82 Å². The van der Waals surface area contributed by atoms with E-state index in [0.29, 0.717) is 5.69 Å². The standard InChI is InChI=1S/C22H20FN3O2/c23-20-13-19(26(27)28)11-12-21(20)24-18-14-25(15-18)22(16-7-3-1-4-8-16)17-9-5-2-6-10-17/h1-13,18,22,24H,14-15H2. The van der Waals surface area contributed by atoms with Crippen LogP contribution >= 0.6 is 0 Å². The molecule has 0 spiro atoms. The van der Waals surface area contributed by atoms with Crippen molar-refractivity contribution in [2.45, 2.75) is 12.1 Å². The zero-order valence-electron chi connectivity index (χ0n) is 15.2. The second-order valence-corrected chi connectivity index (χ2v) is 6.94. The van der Waals surface area contributed by atoms with Crippen LogP contribution in [0.3, 0.4) is 0 Å². The van der Waals surface area contributed by atoms with E-state index < -0.39 is 10.7 Å². The molecule has 0 saturated carbocycles. The summed E-state index contributed by atoms with van der Waals surface area (Å²) in [7, 11) is 0. The Balaban J connectivity index is 1.47. The molecule has 0 aliphatic carbocycles. The summed E-state index contributed by atoms with van der Waals surface area (Å²) < 4.78 is 14.1. The lowest BCUT2D eigenvalue weighted by atomic mass is 9.93. The van der Waals surface area contributed by atoms with Crippen LogP contribution in [0.15, 0.2) is 78.9 Å². The number of benzene rings is 3. The molecule has 28 heavy (non-hydrogen) atoms. The van der Waals surface area contributed by atoms with E-state index in [0.717, 1.165) is 19.2 Å². The van der Waals surface area contributed by atoms with Crippen molar-refractivity contribution >= 4 is 11.4 Å². The number of nitrogens with one attached hydrogen (secondary N) is 1. The van der Waals surface area contributed by atoms with Gasteiger partial charge in [-0.3, -0.25) is 15.0 Å². The smallest absolute Gasteiger partial charge is 0.272 e. The Morgan fingerprint density at radius 3 is 2.04 bits per heavy atom. The Bertz CT molecular complexity index is 921. The van der Waals surface area contributed by atoms with Gasteiger partial charge in [0.25, 0.3) is 5.69 Å². The van der Waals surface area contributed by atoms with Crippen LogP contribution in [-0.2, 0) is 0 Å². The van der Waals surface area contributed by atoms with Crippen LogP contribution in [0.5, 0.6) is 0 Å². The molecule has 3 aromatic rings. The first-order valence-corrected chi connectivity index (χ1v) is 9.16. The number of rotatable bonds is 6. The molecule has 1 fully saturated rings. The van der Waals surface area contributed by atoms with Crippen molar-refractivity contribution in [2.24, 2.45) is 0 Å². The molecule has 0 aromatic heterocycles. The van der Waals surface area contributed by atoms with Gasteiger partial charge in [-0.25, -0.2) is 4.39 Å². The Morgan fingerprint density at radius 1 is 0.964 bits per heavy atom. The van der Waals surface area contributed by atoms with E-state index >= 15 is 0 Å². The highest BCUT2D eigenvalue weighted by molar-refractivity contribution is 5.51. The molecule has 0 bridgehead atoms. The third-order valence-corrected chi connectivity index (χ3v) is 5.03. The van der Waals surface area contributed by atoms with E-state index in [-0.39, 0.29) is 17.8 Å². The highest BCUT2D eigenvalue weighted by atomic mass is 19.1. The molecule has 3 aromatic carbocycles. The lowest BCUT2D eigenvalue weighted by Gasteiger charge is -2.45. The fraction of sp³-hybridized carbons (Fsp3) is 0.182. The molecule has 142 valence electrons. The van der Waals surface area contributed by atoms with Gasteiger partial charge in [-0.15, -0.1) is 0 Å². The van der Waals surface area contributed by atoms with E-state index in [9.17, 15) is 14.5 Å². The zero-order chi connectivity index (χ0) is 19.5.